The highest BCUT2D eigenvalue weighted by atomic mass is 16.3. The number of hydrogen-bond acceptors (Lipinski definition) is 1. The van der Waals surface area contributed by atoms with Gasteiger partial charge >= 0.3 is 0 Å². The summed E-state index contributed by atoms with van der Waals surface area (Å²) in [7, 11) is 0. The molecule has 0 spiro atoms. The van der Waals surface area contributed by atoms with Crippen LogP contribution in [0.3, 0.4) is 0 Å². The molecule has 0 saturated carbocycles. The predicted octanol–water partition coefficient (Wildman–Crippen LogP) is 4.73. The zero-order valence-corrected chi connectivity index (χ0v) is 12.7. The molecule has 2 aromatic carbocycles. The molecule has 2 aromatic rings. The molecule has 106 valence electrons. The average Bonchev–Trinajstić information content (AvgIpc) is 2.46. The molecule has 1 N–H and O–H groups in total. The fourth-order valence-corrected chi connectivity index (χ4v) is 2.55. The van der Waals surface area contributed by atoms with Crippen LogP contribution in [0.4, 0.5) is 0 Å². The van der Waals surface area contributed by atoms with Crippen molar-refractivity contribution in [3.05, 3.63) is 70.8 Å². The molecule has 1 heteroatoms. The first-order valence-electron chi connectivity index (χ1n) is 7.43. The van der Waals surface area contributed by atoms with Crippen LogP contribution < -0.4 is 0 Å². The Kier molecular flexibility index (Phi) is 4.61. The Bertz CT molecular complexity index is 491. The van der Waals surface area contributed by atoms with Gasteiger partial charge in [0, 0.05) is 0 Å². The van der Waals surface area contributed by atoms with Crippen LogP contribution in [0.1, 0.15) is 48.4 Å². The summed E-state index contributed by atoms with van der Waals surface area (Å²) in [4.78, 5) is 0. The normalized spacial score (nSPS) is 11.6. The second-order valence-electron chi connectivity index (χ2n) is 5.70. The van der Waals surface area contributed by atoms with Crippen molar-refractivity contribution in [2.75, 3.05) is 0 Å². The van der Waals surface area contributed by atoms with Gasteiger partial charge in [-0.3, -0.25) is 0 Å². The van der Waals surface area contributed by atoms with E-state index in [1.807, 2.05) is 24.3 Å². The maximum Gasteiger partial charge on any atom is 0.115 e. The Morgan fingerprint density at radius 1 is 0.800 bits per heavy atom. The monoisotopic (exact) mass is 268 g/mol. The molecule has 20 heavy (non-hydrogen) atoms. The van der Waals surface area contributed by atoms with Gasteiger partial charge in [-0.15, -0.1) is 0 Å². The summed E-state index contributed by atoms with van der Waals surface area (Å²) in [6.07, 6.45) is 2.86. The van der Waals surface area contributed by atoms with E-state index in [2.05, 4.69) is 45.0 Å². The lowest BCUT2D eigenvalue weighted by molar-refractivity contribution is 0.0684. The van der Waals surface area contributed by atoms with Gasteiger partial charge in [-0.05, 0) is 31.4 Å². The average molecular weight is 268 g/mol. The van der Waals surface area contributed by atoms with E-state index < -0.39 is 5.60 Å². The molecule has 0 aromatic heterocycles. The molecule has 2 rings (SSSR count). The number of benzene rings is 2. The smallest absolute Gasteiger partial charge is 0.115 e. The highest BCUT2D eigenvalue weighted by molar-refractivity contribution is 5.38. The molecular formula is C19H24O. The van der Waals surface area contributed by atoms with Crippen LogP contribution in [-0.2, 0) is 5.60 Å². The fourth-order valence-electron chi connectivity index (χ4n) is 2.55. The van der Waals surface area contributed by atoms with Crippen LogP contribution in [0, 0.1) is 13.8 Å². The van der Waals surface area contributed by atoms with E-state index in [0.29, 0.717) is 0 Å². The van der Waals surface area contributed by atoms with E-state index in [9.17, 15) is 5.11 Å². The molecule has 0 unspecified atom stereocenters. The van der Waals surface area contributed by atoms with Crippen molar-refractivity contribution < 1.29 is 5.11 Å². The SMILES string of the molecule is CCCCC(O)(c1ccc(C)cc1)c1ccc(C)cc1. The molecule has 0 bridgehead atoms. The summed E-state index contributed by atoms with van der Waals surface area (Å²) < 4.78 is 0. The maximum atomic E-state index is 11.3. The third kappa shape index (κ3) is 3.10. The summed E-state index contributed by atoms with van der Waals surface area (Å²) in [6.45, 7) is 6.30. The van der Waals surface area contributed by atoms with E-state index in [0.717, 1.165) is 30.4 Å². The molecule has 0 radical (unpaired) electrons. The van der Waals surface area contributed by atoms with Gasteiger partial charge < -0.3 is 5.11 Å². The second kappa shape index (κ2) is 6.23. The van der Waals surface area contributed by atoms with E-state index >= 15 is 0 Å². The van der Waals surface area contributed by atoms with Crippen LogP contribution in [-0.4, -0.2) is 5.11 Å². The third-order valence-corrected chi connectivity index (χ3v) is 3.95. The lowest BCUT2D eigenvalue weighted by atomic mass is 9.82. The molecule has 0 aliphatic rings. The molecule has 0 aliphatic heterocycles. The predicted molar refractivity (Wildman–Crippen MR) is 84.9 cm³/mol. The molecule has 0 heterocycles. The number of hydrogen-bond donors (Lipinski definition) is 1. The zero-order valence-electron chi connectivity index (χ0n) is 12.7. The number of rotatable bonds is 5. The minimum Gasteiger partial charge on any atom is -0.380 e. The Labute approximate surface area is 122 Å². The van der Waals surface area contributed by atoms with Gasteiger partial charge in [0.15, 0.2) is 0 Å². The van der Waals surface area contributed by atoms with Crippen molar-refractivity contribution in [3.8, 4) is 0 Å². The minimum atomic E-state index is -0.878. The van der Waals surface area contributed by atoms with E-state index in [1.54, 1.807) is 0 Å². The minimum absolute atomic E-state index is 0.760. The van der Waals surface area contributed by atoms with Gasteiger partial charge in [0.2, 0.25) is 0 Å². The number of aryl methyl sites for hydroxylation is 2. The van der Waals surface area contributed by atoms with Gasteiger partial charge in [-0.25, -0.2) is 0 Å². The van der Waals surface area contributed by atoms with Crippen LogP contribution >= 0.6 is 0 Å². The summed E-state index contributed by atoms with van der Waals surface area (Å²) in [6, 6.07) is 16.5. The third-order valence-electron chi connectivity index (χ3n) is 3.95. The van der Waals surface area contributed by atoms with Gasteiger partial charge in [0.1, 0.15) is 5.60 Å². The highest BCUT2D eigenvalue weighted by Gasteiger charge is 2.30. The molecule has 0 aliphatic carbocycles. The molecule has 0 atom stereocenters. The summed E-state index contributed by atoms with van der Waals surface area (Å²) in [5.41, 5.74) is 3.53. The standard InChI is InChI=1S/C19H24O/c1-4-5-14-19(20,17-10-6-15(2)7-11-17)18-12-8-16(3)9-13-18/h6-13,20H,4-5,14H2,1-3H3. The lowest BCUT2D eigenvalue weighted by Gasteiger charge is -2.30. The molecule has 0 fully saturated rings. The maximum absolute atomic E-state index is 11.3. The first-order chi connectivity index (χ1) is 9.56. The second-order valence-corrected chi connectivity index (χ2v) is 5.70. The highest BCUT2D eigenvalue weighted by Crippen LogP contribution is 2.34. The van der Waals surface area contributed by atoms with Crippen LogP contribution in [0.25, 0.3) is 0 Å². The number of aliphatic hydroxyl groups is 1. The van der Waals surface area contributed by atoms with Crippen molar-refractivity contribution in [1.29, 1.82) is 0 Å². The summed E-state index contributed by atoms with van der Waals surface area (Å²) in [5.74, 6) is 0. The Balaban J connectivity index is 2.43. The number of unbranched alkanes of at least 4 members (excludes halogenated alkanes) is 1. The van der Waals surface area contributed by atoms with Gasteiger partial charge in [-0.1, -0.05) is 79.4 Å². The molecule has 1 nitrogen and oxygen atoms in total. The van der Waals surface area contributed by atoms with Gasteiger partial charge in [0.05, 0.1) is 0 Å². The van der Waals surface area contributed by atoms with Crippen LogP contribution in [0.5, 0.6) is 0 Å². The van der Waals surface area contributed by atoms with Crippen molar-refractivity contribution in [2.45, 2.75) is 45.6 Å². The Morgan fingerprint density at radius 2 is 1.20 bits per heavy atom. The van der Waals surface area contributed by atoms with E-state index in [-0.39, 0.29) is 0 Å². The zero-order chi connectivity index (χ0) is 14.6. The molecular weight excluding hydrogens is 244 g/mol. The Hall–Kier alpha value is -1.60. The van der Waals surface area contributed by atoms with Crippen molar-refractivity contribution in [2.24, 2.45) is 0 Å². The van der Waals surface area contributed by atoms with E-state index in [4.69, 9.17) is 0 Å². The van der Waals surface area contributed by atoms with Gasteiger partial charge in [0.25, 0.3) is 0 Å². The quantitative estimate of drug-likeness (QED) is 0.831. The Morgan fingerprint density at radius 3 is 1.55 bits per heavy atom. The summed E-state index contributed by atoms with van der Waals surface area (Å²) >= 11 is 0. The molecule has 0 amide bonds. The van der Waals surface area contributed by atoms with Crippen molar-refractivity contribution in [1.82, 2.24) is 0 Å². The van der Waals surface area contributed by atoms with Crippen LogP contribution in [0.2, 0.25) is 0 Å². The first kappa shape index (κ1) is 14.8. The molecule has 0 saturated heterocycles. The van der Waals surface area contributed by atoms with Crippen molar-refractivity contribution in [3.63, 3.8) is 0 Å². The topological polar surface area (TPSA) is 20.2 Å². The first-order valence-corrected chi connectivity index (χ1v) is 7.43. The van der Waals surface area contributed by atoms with Gasteiger partial charge in [-0.2, -0.15) is 0 Å². The van der Waals surface area contributed by atoms with E-state index in [1.165, 1.54) is 11.1 Å². The van der Waals surface area contributed by atoms with Crippen molar-refractivity contribution >= 4 is 0 Å². The fraction of sp³-hybridized carbons (Fsp3) is 0.368. The largest absolute Gasteiger partial charge is 0.380 e. The summed E-state index contributed by atoms with van der Waals surface area (Å²) in [5, 5.41) is 11.3. The lowest BCUT2D eigenvalue weighted by Crippen LogP contribution is -2.27. The van der Waals surface area contributed by atoms with Crippen LogP contribution in [0.15, 0.2) is 48.5 Å².